The van der Waals surface area contributed by atoms with Crippen LogP contribution in [0.5, 0.6) is 57.5 Å². The van der Waals surface area contributed by atoms with Gasteiger partial charge >= 0.3 is 5.97 Å². The van der Waals surface area contributed by atoms with Crippen molar-refractivity contribution in [2.45, 2.75) is 229 Å². The van der Waals surface area contributed by atoms with Crippen molar-refractivity contribution in [2.24, 2.45) is 11.5 Å². The van der Waals surface area contributed by atoms with Crippen LogP contribution in [0.1, 0.15) is 115 Å². The fourth-order valence-corrected chi connectivity index (χ4v) is 17.4. The molecule has 10 heterocycles. The van der Waals surface area contributed by atoms with Crippen LogP contribution in [0.3, 0.4) is 0 Å². The molecular weight excluding hydrogens is 1810 g/mol. The lowest BCUT2D eigenvalue weighted by Gasteiger charge is -2.44. The number of carbonyl (C=O) groups is 7. The zero-order valence-electron chi connectivity index (χ0n) is 71.9. The molecule has 5 saturated heterocycles. The number of phenolic OH excluding ortho intramolecular Hbond substituents is 4. The average molecular weight is 1910 g/mol. The van der Waals surface area contributed by atoms with Crippen LogP contribution in [0.2, 0.25) is 5.02 Å². The van der Waals surface area contributed by atoms with E-state index in [0.29, 0.717) is 0 Å². The van der Waals surface area contributed by atoms with Crippen molar-refractivity contribution in [3.63, 3.8) is 0 Å². The highest BCUT2D eigenvalue weighted by Crippen LogP contribution is 2.51. The number of carboxylic acids is 1. The van der Waals surface area contributed by atoms with Crippen molar-refractivity contribution in [3.05, 3.63) is 177 Å². The molecule has 46 heteroatoms. The number of likely N-dealkylation sites (N-methyl/N-ethyl adjacent to an activating group) is 1. The Hall–Kier alpha value is -11.4. The van der Waals surface area contributed by atoms with Gasteiger partial charge in [-0.15, -0.1) is 0 Å². The van der Waals surface area contributed by atoms with E-state index < -0.39 is 329 Å². The first-order chi connectivity index (χ1) is 64.3. The Labute approximate surface area is 771 Å². The van der Waals surface area contributed by atoms with Crippen molar-refractivity contribution < 1.29 is 177 Å². The third-order valence-electron chi connectivity index (χ3n) is 24.7. The van der Waals surface area contributed by atoms with Gasteiger partial charge in [-0.3, -0.25) is 28.8 Å². The summed E-state index contributed by atoms with van der Waals surface area (Å²) in [5.74, 6) is -15.8. The second-order valence-electron chi connectivity index (χ2n) is 33.8. The van der Waals surface area contributed by atoms with Crippen molar-refractivity contribution in [3.8, 4) is 68.6 Å². The minimum Gasteiger partial charge on any atom is -0.508 e. The predicted molar refractivity (Wildman–Crippen MR) is 456 cm³/mol. The minimum absolute atomic E-state index is 0.00308. The van der Waals surface area contributed by atoms with E-state index in [1.165, 1.54) is 88.5 Å². The van der Waals surface area contributed by atoms with Crippen molar-refractivity contribution in [1.29, 1.82) is 0 Å². The van der Waals surface area contributed by atoms with E-state index in [0.717, 1.165) is 72.8 Å². The highest BCUT2D eigenvalue weighted by molar-refractivity contribution is 6.32. The van der Waals surface area contributed by atoms with Gasteiger partial charge in [-0.25, -0.2) is 4.79 Å². The standard InChI is InChI=1S/C89H102ClN9O36/c1-31-66(106)47(91)27-56(124-31)132-77-38-12-20-51(46(90)22-38)129-53-24-39-23-52(78(53)135-89-79(73(113)70(110)55(30-101)131-89)133-57-28-48(92)67(107)32(2)125-57)127-42-17-9-36(10-18-42)76(134-88-75(115)72(112)69(109)54(29-100)130-88)64(98-80(116)59(93-4)34-7-15-43(16-8-34)128-87-74(114)71(111)68(108)33(3)126-87)84(120)94-60(35-5-13-40(102)14-6-35)81(117)96-62(39)83(119)95-61-37-11-19-49(104)44(21-37)58-45(25-41(103)26-50(58)105)63(86(122)123)97-85(121)65(77)99-82(61)118/h5-26,31-33,47-48,54-57,59-77,79,87-89,93,100-115H,27-30,91-92H2,1-4H3,(H,94,120)(H,95,119)(H,96,117)(H,97,121)(H,98,116)(H,99,118)(H,122,123)/t31?,32?,33?,47?,48?,54?,55?,56?,57?,59-,60?,61+,62+,63?,64+,65-,66?,67?,68?,69?,70?,71?,72?,73?,74?,75?,76+,77+,79?,87?,88?,89?/m0/s1. The molecule has 0 saturated carbocycles. The number of hydrogen-bond acceptors (Lipinski definition) is 38. The SMILES string of the molecule is CN[C@H](C(=O)N[C@H]1C(=O)NC(c2ccc(O)cc2)C(=O)N[C@H]2C(=O)N[C@H]3C(=O)N[C@H](C(=O)NC(C(=O)O)c4cc(O)cc(O)c4-c4cc3ccc4O)[C@H](OC3CC(N)C(O)C(C)O3)c3ccc(c(Cl)c3)Oc3cc2cc(c3OC2OC(CO)C(O)C(O)C2OC2CC(N)C(O)C(C)O2)Oc2ccc(cc2)[C@H]1OC1OC(CO)C(O)C(O)C1O)c1ccc(OC2OC(C)C(O)C(O)C2O)cc1. The molecule has 0 radical (unpaired) electrons. The molecule has 17 rings (SSSR count). The molecule has 0 spiro atoms. The number of carbonyl (C=O) groups excluding carboxylic acids is 6. The van der Waals surface area contributed by atoms with Crippen molar-refractivity contribution in [2.75, 3.05) is 20.3 Å². The third kappa shape index (κ3) is 20.5. The zero-order chi connectivity index (χ0) is 96.9. The number of fused-ring (bicyclic) bond motifs is 15. The van der Waals surface area contributed by atoms with Gasteiger partial charge in [0.15, 0.2) is 42.5 Å². The van der Waals surface area contributed by atoms with Crippen LogP contribution in [-0.4, -0.2) is 302 Å². The second kappa shape index (κ2) is 40.9. The first-order valence-corrected chi connectivity index (χ1v) is 43.2. The zero-order valence-corrected chi connectivity index (χ0v) is 72.7. The number of nitrogens with two attached hydrogens (primary N) is 2. The smallest absolute Gasteiger partial charge is 0.330 e. The molecule has 11 bridgehead atoms. The van der Waals surface area contributed by atoms with Crippen LogP contribution in [0.25, 0.3) is 11.1 Å². The van der Waals surface area contributed by atoms with Crippen LogP contribution >= 0.6 is 11.6 Å². The number of amides is 6. The van der Waals surface area contributed by atoms with Crippen LogP contribution < -0.4 is 67.6 Å². The highest BCUT2D eigenvalue weighted by Gasteiger charge is 2.53. The highest BCUT2D eigenvalue weighted by atomic mass is 35.5. The molecule has 45 nitrogen and oxygen atoms in total. The molecule has 7 aromatic carbocycles. The van der Waals surface area contributed by atoms with Crippen LogP contribution in [0.15, 0.2) is 133 Å². The summed E-state index contributed by atoms with van der Waals surface area (Å²) >= 11 is 7.44. The monoisotopic (exact) mass is 1910 g/mol. The predicted octanol–water partition coefficient (Wildman–Crippen LogP) is -2.53. The number of nitrogens with one attached hydrogen (secondary N) is 7. The summed E-state index contributed by atoms with van der Waals surface area (Å²) in [6.07, 6.45) is -40.2. The number of rotatable bonds is 18. The molecule has 32 atom stereocenters. The number of aromatic hydroxyl groups is 4. The topological polar surface area (TPSA) is 710 Å². The molecule has 5 fully saturated rings. The summed E-state index contributed by atoms with van der Waals surface area (Å²) in [6.45, 7) is 2.28. The number of aliphatic hydroxyl groups excluding tert-OH is 12. The van der Waals surface area contributed by atoms with Gasteiger partial charge in [0.2, 0.25) is 53.8 Å². The molecule has 7 aromatic rings. The molecule has 6 amide bonds. The van der Waals surface area contributed by atoms with Crippen LogP contribution in [-0.2, 0) is 71.5 Å². The Morgan fingerprint density at radius 3 is 1.64 bits per heavy atom. The van der Waals surface area contributed by atoms with Gasteiger partial charge in [0, 0.05) is 47.7 Å². The molecule has 10 aliphatic heterocycles. The van der Waals surface area contributed by atoms with Gasteiger partial charge in [-0.05, 0) is 140 Å². The molecule has 135 heavy (non-hydrogen) atoms. The number of benzene rings is 7. The Morgan fingerprint density at radius 1 is 0.481 bits per heavy atom. The fraction of sp³-hybridized carbons (Fsp3) is 0.449. The minimum atomic E-state index is -2.46. The molecule has 28 N–H and O–H groups in total. The maximum absolute atomic E-state index is 16.9. The third-order valence-corrected chi connectivity index (χ3v) is 25.0. The van der Waals surface area contributed by atoms with E-state index >= 15 is 28.8 Å². The van der Waals surface area contributed by atoms with E-state index in [-0.39, 0.29) is 46.6 Å². The Morgan fingerprint density at radius 2 is 1.03 bits per heavy atom. The fourth-order valence-electron chi connectivity index (χ4n) is 17.2. The summed E-state index contributed by atoms with van der Waals surface area (Å²) in [7, 11) is 1.34. The van der Waals surface area contributed by atoms with Gasteiger partial charge in [-0.1, -0.05) is 60.1 Å². The first kappa shape index (κ1) is 98.1. The average Bonchev–Trinajstić information content (AvgIpc) is 0.771. The lowest BCUT2D eigenvalue weighted by Crippen LogP contribution is -2.62. The van der Waals surface area contributed by atoms with Gasteiger partial charge in [0.1, 0.15) is 150 Å². The van der Waals surface area contributed by atoms with Gasteiger partial charge < -0.3 is 192 Å². The normalized spacial score (nSPS) is 34.2. The second-order valence-corrected chi connectivity index (χ2v) is 34.2. The quantitative estimate of drug-likeness (QED) is 0.0421. The van der Waals surface area contributed by atoms with Crippen LogP contribution in [0, 0.1) is 0 Å². The Balaban J connectivity index is 0.951. The van der Waals surface area contributed by atoms with Crippen LogP contribution in [0.4, 0.5) is 0 Å². The summed E-state index contributed by atoms with van der Waals surface area (Å²) in [5.41, 5.74) is 9.70. The number of aliphatic carboxylic acids is 1. The van der Waals surface area contributed by atoms with Gasteiger partial charge in [-0.2, -0.15) is 0 Å². The Kier molecular flexibility index (Phi) is 29.7. The lowest BCUT2D eigenvalue weighted by atomic mass is 9.89. The summed E-state index contributed by atoms with van der Waals surface area (Å²) in [4.78, 5) is 112. The number of hydrogen-bond donors (Lipinski definition) is 26. The van der Waals surface area contributed by atoms with Gasteiger partial charge in [0.05, 0.1) is 48.8 Å². The number of aliphatic hydroxyl groups is 12. The van der Waals surface area contributed by atoms with E-state index in [4.69, 9.17) is 79.9 Å². The first-order valence-electron chi connectivity index (χ1n) is 42.8. The number of carboxylic acid groups (broad SMARTS) is 1. The lowest BCUT2D eigenvalue weighted by molar-refractivity contribution is -0.330. The summed E-state index contributed by atoms with van der Waals surface area (Å²) < 4.78 is 76.1. The van der Waals surface area contributed by atoms with E-state index in [1.807, 2.05) is 0 Å². The Bertz CT molecular complexity index is 5480. The van der Waals surface area contributed by atoms with E-state index in [9.17, 15) is 91.6 Å². The summed E-state index contributed by atoms with van der Waals surface area (Å²) in [6, 6.07) is 7.36. The number of halogens is 1. The van der Waals surface area contributed by atoms with E-state index in [1.54, 1.807) is 0 Å². The molecule has 25 unspecified atom stereocenters. The number of phenols is 4. The number of ether oxygens (including phenoxy) is 12. The molecule has 0 aliphatic carbocycles. The molecule has 0 aromatic heterocycles. The molecule has 726 valence electrons. The van der Waals surface area contributed by atoms with Gasteiger partial charge in [0.25, 0.3) is 0 Å². The van der Waals surface area contributed by atoms with Crippen molar-refractivity contribution >= 4 is 53.0 Å². The molecular formula is C89H102ClN9O36. The largest absolute Gasteiger partial charge is 0.508 e. The van der Waals surface area contributed by atoms with Crippen molar-refractivity contribution in [1.82, 2.24) is 37.2 Å². The maximum Gasteiger partial charge on any atom is 0.330 e. The summed E-state index contributed by atoms with van der Waals surface area (Å²) in [5, 5.41) is 208. The maximum atomic E-state index is 16.9. The molecule has 10 aliphatic rings. The van der Waals surface area contributed by atoms with E-state index in [2.05, 4.69) is 37.2 Å².